The van der Waals surface area contributed by atoms with Gasteiger partial charge in [0.15, 0.2) is 5.13 Å². The quantitative estimate of drug-likeness (QED) is 0.810. The molecule has 0 radical (unpaired) electrons. The maximum Gasteiger partial charge on any atom is 0.254 e. The summed E-state index contributed by atoms with van der Waals surface area (Å²) in [7, 11) is 0. The number of rotatable bonds is 4. The molecule has 0 aliphatic carbocycles. The van der Waals surface area contributed by atoms with Crippen LogP contribution in [0.1, 0.15) is 40.9 Å². The first-order chi connectivity index (χ1) is 13.2. The van der Waals surface area contributed by atoms with E-state index in [4.69, 9.17) is 4.98 Å². The molecule has 5 nitrogen and oxygen atoms in total. The van der Waals surface area contributed by atoms with Crippen molar-refractivity contribution in [2.24, 2.45) is 0 Å². The van der Waals surface area contributed by atoms with Crippen LogP contribution in [0.3, 0.4) is 0 Å². The van der Waals surface area contributed by atoms with Crippen molar-refractivity contribution in [2.45, 2.75) is 32.7 Å². The Balaban J connectivity index is 1.33. The summed E-state index contributed by atoms with van der Waals surface area (Å²) in [6, 6.07) is 7.85. The van der Waals surface area contributed by atoms with Gasteiger partial charge in [-0.1, -0.05) is 24.6 Å². The summed E-state index contributed by atoms with van der Waals surface area (Å²) in [6.07, 6.45) is 3.99. The average molecular weight is 385 g/mol. The second kappa shape index (κ2) is 8.40. The molecule has 2 fully saturated rings. The summed E-state index contributed by atoms with van der Waals surface area (Å²) in [4.78, 5) is 24.5. The number of hydrogen-bond acceptors (Lipinski definition) is 5. The van der Waals surface area contributed by atoms with E-state index in [1.165, 1.54) is 38.0 Å². The van der Waals surface area contributed by atoms with Crippen molar-refractivity contribution in [2.75, 3.05) is 44.2 Å². The third-order valence-corrected chi connectivity index (χ3v) is 6.54. The van der Waals surface area contributed by atoms with E-state index in [1.807, 2.05) is 36.1 Å². The fraction of sp³-hybridized carbons (Fsp3) is 0.524. The lowest BCUT2D eigenvalue weighted by atomic mass is 10.1. The smallest absolute Gasteiger partial charge is 0.254 e. The van der Waals surface area contributed by atoms with Gasteiger partial charge >= 0.3 is 0 Å². The topological polar surface area (TPSA) is 39.7 Å². The zero-order valence-corrected chi connectivity index (χ0v) is 16.9. The van der Waals surface area contributed by atoms with E-state index in [2.05, 4.69) is 15.2 Å². The zero-order chi connectivity index (χ0) is 18.6. The molecular weight excluding hydrogens is 356 g/mol. The number of aromatic nitrogens is 1. The van der Waals surface area contributed by atoms with Gasteiger partial charge in [-0.05, 0) is 44.5 Å². The lowest BCUT2D eigenvalue weighted by Gasteiger charge is -2.34. The zero-order valence-electron chi connectivity index (χ0n) is 16.1. The number of hydrogen-bond donors (Lipinski definition) is 0. The van der Waals surface area contributed by atoms with Gasteiger partial charge in [0.05, 0.1) is 5.69 Å². The number of benzene rings is 1. The lowest BCUT2D eigenvalue weighted by Crippen LogP contribution is -2.49. The first kappa shape index (κ1) is 18.4. The molecule has 0 N–H and O–H groups in total. The Morgan fingerprint density at radius 3 is 2.52 bits per heavy atom. The van der Waals surface area contributed by atoms with E-state index in [0.29, 0.717) is 0 Å². The SMILES string of the molecule is Cc1ccccc1C(=O)N1CCN(c2nc(CN3CCCCC3)cs2)CC1. The highest BCUT2D eigenvalue weighted by molar-refractivity contribution is 7.13. The van der Waals surface area contributed by atoms with E-state index in [1.54, 1.807) is 11.3 Å². The number of likely N-dealkylation sites (tertiary alicyclic amines) is 1. The van der Waals surface area contributed by atoms with Crippen LogP contribution in [-0.2, 0) is 6.54 Å². The summed E-state index contributed by atoms with van der Waals surface area (Å²) < 4.78 is 0. The van der Waals surface area contributed by atoms with Crippen molar-refractivity contribution < 1.29 is 4.79 Å². The number of carbonyl (C=O) groups excluding carboxylic acids is 1. The van der Waals surface area contributed by atoms with Crippen LogP contribution in [0.15, 0.2) is 29.6 Å². The van der Waals surface area contributed by atoms with Crippen LogP contribution in [0.25, 0.3) is 0 Å². The summed E-state index contributed by atoms with van der Waals surface area (Å²) in [5.74, 6) is 0.151. The van der Waals surface area contributed by atoms with Crippen molar-refractivity contribution in [3.63, 3.8) is 0 Å². The summed E-state index contributed by atoms with van der Waals surface area (Å²) in [6.45, 7) is 8.61. The lowest BCUT2D eigenvalue weighted by molar-refractivity contribution is 0.0746. The molecule has 1 aromatic carbocycles. The molecule has 1 aromatic heterocycles. The summed E-state index contributed by atoms with van der Waals surface area (Å²) in [5.41, 5.74) is 3.06. The molecule has 0 unspecified atom stereocenters. The van der Waals surface area contributed by atoms with Crippen LogP contribution in [0.2, 0.25) is 0 Å². The Bertz CT molecular complexity index is 776. The van der Waals surface area contributed by atoms with Crippen LogP contribution < -0.4 is 4.90 Å². The van der Waals surface area contributed by atoms with Crippen LogP contribution in [-0.4, -0.2) is 60.0 Å². The van der Waals surface area contributed by atoms with Crippen molar-refractivity contribution in [1.29, 1.82) is 0 Å². The predicted octanol–water partition coefficient (Wildman–Crippen LogP) is 3.40. The van der Waals surface area contributed by atoms with Gasteiger partial charge in [-0.25, -0.2) is 4.98 Å². The number of nitrogens with zero attached hydrogens (tertiary/aromatic N) is 4. The Morgan fingerprint density at radius 2 is 1.78 bits per heavy atom. The summed E-state index contributed by atoms with van der Waals surface area (Å²) in [5, 5.41) is 3.31. The second-order valence-electron chi connectivity index (χ2n) is 7.55. The van der Waals surface area contributed by atoms with Crippen molar-refractivity contribution >= 4 is 22.4 Å². The predicted molar refractivity (Wildman–Crippen MR) is 111 cm³/mol. The minimum absolute atomic E-state index is 0.151. The molecule has 2 aliphatic rings. The van der Waals surface area contributed by atoms with Gasteiger partial charge in [0.1, 0.15) is 0 Å². The highest BCUT2D eigenvalue weighted by atomic mass is 32.1. The van der Waals surface area contributed by atoms with Crippen molar-refractivity contribution in [3.8, 4) is 0 Å². The Morgan fingerprint density at radius 1 is 1.04 bits per heavy atom. The molecule has 3 heterocycles. The van der Waals surface area contributed by atoms with E-state index >= 15 is 0 Å². The number of amides is 1. The third kappa shape index (κ3) is 4.33. The standard InChI is InChI=1S/C21H28N4OS/c1-17-7-3-4-8-19(17)20(26)24-11-13-25(14-12-24)21-22-18(16-27-21)15-23-9-5-2-6-10-23/h3-4,7-8,16H,2,5-6,9-15H2,1H3. The molecule has 0 atom stereocenters. The first-order valence-electron chi connectivity index (χ1n) is 9.97. The van der Waals surface area contributed by atoms with E-state index < -0.39 is 0 Å². The monoisotopic (exact) mass is 384 g/mol. The molecule has 144 valence electrons. The molecule has 0 saturated carbocycles. The Kier molecular flexibility index (Phi) is 5.74. The molecule has 0 spiro atoms. The van der Waals surface area contributed by atoms with Crippen LogP contribution in [0.5, 0.6) is 0 Å². The van der Waals surface area contributed by atoms with E-state index in [-0.39, 0.29) is 5.91 Å². The van der Waals surface area contributed by atoms with Crippen LogP contribution in [0, 0.1) is 6.92 Å². The molecule has 2 aromatic rings. The van der Waals surface area contributed by atoms with Gasteiger partial charge in [0, 0.05) is 43.7 Å². The van der Waals surface area contributed by atoms with Gasteiger partial charge < -0.3 is 9.80 Å². The largest absolute Gasteiger partial charge is 0.345 e. The number of anilines is 1. The minimum atomic E-state index is 0.151. The fourth-order valence-electron chi connectivity index (χ4n) is 3.94. The molecule has 4 rings (SSSR count). The van der Waals surface area contributed by atoms with Crippen LogP contribution in [0.4, 0.5) is 5.13 Å². The number of piperidine rings is 1. The second-order valence-corrected chi connectivity index (χ2v) is 8.39. The number of carbonyl (C=O) groups is 1. The highest BCUT2D eigenvalue weighted by Gasteiger charge is 2.24. The average Bonchev–Trinajstić information content (AvgIpc) is 3.17. The van der Waals surface area contributed by atoms with E-state index in [0.717, 1.165) is 49.0 Å². The minimum Gasteiger partial charge on any atom is -0.345 e. The number of piperazine rings is 1. The molecule has 0 bridgehead atoms. The molecular formula is C21H28N4OS. The molecule has 2 aliphatic heterocycles. The molecule has 27 heavy (non-hydrogen) atoms. The van der Waals surface area contributed by atoms with Gasteiger partial charge in [0.25, 0.3) is 5.91 Å². The molecule has 6 heteroatoms. The number of aryl methyl sites for hydroxylation is 1. The van der Waals surface area contributed by atoms with Crippen molar-refractivity contribution in [1.82, 2.24) is 14.8 Å². The molecule has 1 amide bonds. The van der Waals surface area contributed by atoms with E-state index in [9.17, 15) is 4.79 Å². The maximum absolute atomic E-state index is 12.8. The van der Waals surface area contributed by atoms with Gasteiger partial charge in [0.2, 0.25) is 0 Å². The number of thiazole rings is 1. The normalized spacial score (nSPS) is 18.7. The van der Waals surface area contributed by atoms with Gasteiger partial charge in [-0.15, -0.1) is 11.3 Å². The maximum atomic E-state index is 12.8. The Labute approximate surface area is 165 Å². The molecule has 2 saturated heterocycles. The third-order valence-electron chi connectivity index (χ3n) is 5.59. The highest BCUT2D eigenvalue weighted by Crippen LogP contribution is 2.24. The summed E-state index contributed by atoms with van der Waals surface area (Å²) >= 11 is 1.74. The van der Waals surface area contributed by atoms with Gasteiger partial charge in [-0.3, -0.25) is 9.69 Å². The Hall–Kier alpha value is -1.92. The fourth-order valence-corrected chi connectivity index (χ4v) is 4.82. The van der Waals surface area contributed by atoms with Gasteiger partial charge in [-0.2, -0.15) is 0 Å². The van der Waals surface area contributed by atoms with Crippen molar-refractivity contribution in [3.05, 3.63) is 46.5 Å². The first-order valence-corrected chi connectivity index (χ1v) is 10.9. The van der Waals surface area contributed by atoms with Crippen LogP contribution >= 0.6 is 11.3 Å².